The van der Waals surface area contributed by atoms with Gasteiger partial charge in [-0.05, 0) is 0 Å². The Kier molecular flexibility index (Phi) is 2.16. The summed E-state index contributed by atoms with van der Waals surface area (Å²) < 4.78 is 1.46. The van der Waals surface area contributed by atoms with Crippen LogP contribution < -0.4 is 3.61 Å². The second kappa shape index (κ2) is 2.73. The third-order valence-electron chi connectivity index (χ3n) is 1.44. The van der Waals surface area contributed by atoms with Gasteiger partial charge in [-0.3, -0.25) is 0 Å². The molecule has 1 aromatic rings. The van der Waals surface area contributed by atoms with E-state index in [0.29, 0.717) is 0 Å². The third-order valence-corrected chi connectivity index (χ3v) is 3.45. The summed E-state index contributed by atoms with van der Waals surface area (Å²) in [5.74, 6) is 0. The summed E-state index contributed by atoms with van der Waals surface area (Å²) in [6.07, 6.45) is 0. The summed E-state index contributed by atoms with van der Waals surface area (Å²) in [5, 5.41) is 0. The molecule has 0 aliphatic rings. The number of hydrogen-bond donors (Lipinski definition) is 0. The standard InChI is InChI=1S/C8H10Te/c1-6-4-3-5-7(2)8(6)9/h3-5,9H,1-2H3. The Morgan fingerprint density at radius 2 is 1.56 bits per heavy atom. The SMILES string of the molecule is Cc1cccc(C)c1[TeH]. The Hall–Kier alpha value is 0.00961. The predicted octanol–water partition coefficient (Wildman–Crippen LogP) is 0.830. The summed E-state index contributed by atoms with van der Waals surface area (Å²) in [7, 11) is 0. The van der Waals surface area contributed by atoms with Gasteiger partial charge in [0, 0.05) is 0 Å². The summed E-state index contributed by atoms with van der Waals surface area (Å²) in [4.78, 5) is 0. The quantitative estimate of drug-likeness (QED) is 0.583. The van der Waals surface area contributed by atoms with E-state index >= 15 is 0 Å². The maximum atomic E-state index is 2.15. The molecular weight excluding hydrogens is 224 g/mol. The Morgan fingerprint density at radius 3 is 1.89 bits per heavy atom. The maximum absolute atomic E-state index is 2.15. The first-order chi connectivity index (χ1) is 4.22. The molecule has 0 heterocycles. The average Bonchev–Trinajstić information content (AvgIpc) is 1.83. The monoisotopic (exact) mass is 236 g/mol. The van der Waals surface area contributed by atoms with Crippen molar-refractivity contribution in [2.45, 2.75) is 13.8 Å². The topological polar surface area (TPSA) is 0 Å². The fourth-order valence-corrected chi connectivity index (χ4v) is 1.23. The van der Waals surface area contributed by atoms with Crippen LogP contribution in [0.2, 0.25) is 0 Å². The fraction of sp³-hybridized carbons (Fsp3) is 0.250. The number of rotatable bonds is 0. The van der Waals surface area contributed by atoms with Gasteiger partial charge in [0.1, 0.15) is 0 Å². The molecule has 0 saturated carbocycles. The molecule has 0 fully saturated rings. The fourth-order valence-electron chi connectivity index (χ4n) is 0.806. The normalized spacial score (nSPS) is 9.67. The van der Waals surface area contributed by atoms with E-state index < -0.39 is 0 Å². The molecular formula is C8H10Te. The Bertz CT molecular complexity index is 196. The van der Waals surface area contributed by atoms with Crippen LogP contribution in [0.3, 0.4) is 0 Å². The number of aryl methyl sites for hydroxylation is 2. The molecule has 0 aliphatic heterocycles. The van der Waals surface area contributed by atoms with Gasteiger partial charge in [-0.1, -0.05) is 0 Å². The molecule has 9 heavy (non-hydrogen) atoms. The van der Waals surface area contributed by atoms with Crippen LogP contribution in [0.15, 0.2) is 18.2 Å². The van der Waals surface area contributed by atoms with E-state index in [1.54, 1.807) is 22.3 Å². The molecule has 0 N–H and O–H groups in total. The van der Waals surface area contributed by atoms with E-state index in [-0.39, 0.29) is 0 Å². The van der Waals surface area contributed by atoms with E-state index in [4.69, 9.17) is 0 Å². The minimum absolute atomic E-state index is 1.41. The molecule has 0 aliphatic carbocycles. The summed E-state index contributed by atoms with van der Waals surface area (Å²) in [6.45, 7) is 4.31. The molecule has 0 amide bonds. The van der Waals surface area contributed by atoms with Crippen molar-refractivity contribution < 1.29 is 0 Å². The van der Waals surface area contributed by atoms with Crippen LogP contribution in [-0.2, 0) is 0 Å². The van der Waals surface area contributed by atoms with Crippen LogP contribution in [0.5, 0.6) is 0 Å². The van der Waals surface area contributed by atoms with Gasteiger partial charge in [0.05, 0.1) is 0 Å². The molecule has 0 saturated heterocycles. The first kappa shape index (κ1) is 7.12. The zero-order valence-electron chi connectivity index (χ0n) is 5.68. The van der Waals surface area contributed by atoms with Gasteiger partial charge in [0.2, 0.25) is 0 Å². The van der Waals surface area contributed by atoms with Crippen molar-refractivity contribution in [3.05, 3.63) is 29.3 Å². The van der Waals surface area contributed by atoms with Crippen molar-refractivity contribution in [3.8, 4) is 0 Å². The molecule has 48 valence electrons. The molecule has 1 rings (SSSR count). The predicted molar refractivity (Wildman–Crippen MR) is 42.7 cm³/mol. The summed E-state index contributed by atoms with van der Waals surface area (Å²) >= 11 is 1.80. The molecule has 1 aromatic carbocycles. The van der Waals surface area contributed by atoms with Crippen molar-refractivity contribution in [2.24, 2.45) is 0 Å². The Balaban J connectivity index is 3.25. The van der Waals surface area contributed by atoms with Gasteiger partial charge in [0.25, 0.3) is 0 Å². The Labute approximate surface area is 69.2 Å². The van der Waals surface area contributed by atoms with Crippen LogP contribution in [0.4, 0.5) is 0 Å². The van der Waals surface area contributed by atoms with Crippen molar-refractivity contribution in [1.29, 1.82) is 0 Å². The van der Waals surface area contributed by atoms with Crippen LogP contribution in [-0.4, -0.2) is 22.3 Å². The van der Waals surface area contributed by atoms with Crippen LogP contribution in [0.1, 0.15) is 11.1 Å². The molecule has 1 heteroatoms. The van der Waals surface area contributed by atoms with Crippen molar-refractivity contribution >= 4 is 25.9 Å². The van der Waals surface area contributed by atoms with E-state index in [2.05, 4.69) is 32.0 Å². The first-order valence-corrected chi connectivity index (χ1v) is 4.24. The van der Waals surface area contributed by atoms with Crippen LogP contribution in [0, 0.1) is 13.8 Å². The summed E-state index contributed by atoms with van der Waals surface area (Å²) in [6, 6.07) is 6.41. The molecule has 0 bridgehead atoms. The molecule has 0 aromatic heterocycles. The van der Waals surface area contributed by atoms with Crippen LogP contribution >= 0.6 is 0 Å². The number of benzene rings is 1. The first-order valence-electron chi connectivity index (χ1n) is 2.97. The van der Waals surface area contributed by atoms with E-state index in [1.807, 2.05) is 0 Å². The molecule has 0 atom stereocenters. The Morgan fingerprint density at radius 1 is 1.11 bits per heavy atom. The van der Waals surface area contributed by atoms with Gasteiger partial charge >= 0.3 is 69.1 Å². The average molecular weight is 234 g/mol. The summed E-state index contributed by atoms with van der Waals surface area (Å²) in [5.41, 5.74) is 2.81. The molecule has 0 nitrogen and oxygen atoms in total. The second-order valence-corrected chi connectivity index (χ2v) is 3.52. The van der Waals surface area contributed by atoms with Crippen LogP contribution in [0.25, 0.3) is 0 Å². The molecule has 0 radical (unpaired) electrons. The van der Waals surface area contributed by atoms with Crippen molar-refractivity contribution in [1.82, 2.24) is 0 Å². The number of hydrogen-bond acceptors (Lipinski definition) is 0. The van der Waals surface area contributed by atoms with Gasteiger partial charge in [-0.2, -0.15) is 0 Å². The van der Waals surface area contributed by atoms with E-state index in [9.17, 15) is 0 Å². The van der Waals surface area contributed by atoms with Gasteiger partial charge in [-0.25, -0.2) is 0 Å². The zero-order chi connectivity index (χ0) is 6.85. The van der Waals surface area contributed by atoms with Gasteiger partial charge in [0.15, 0.2) is 0 Å². The van der Waals surface area contributed by atoms with Crippen molar-refractivity contribution in [3.63, 3.8) is 0 Å². The molecule has 0 unspecified atom stereocenters. The van der Waals surface area contributed by atoms with Gasteiger partial charge < -0.3 is 0 Å². The van der Waals surface area contributed by atoms with Crippen molar-refractivity contribution in [2.75, 3.05) is 0 Å². The van der Waals surface area contributed by atoms with E-state index in [1.165, 1.54) is 14.7 Å². The minimum atomic E-state index is 1.41. The zero-order valence-corrected chi connectivity index (χ0v) is 8.23. The second-order valence-electron chi connectivity index (χ2n) is 2.24. The molecule has 0 spiro atoms. The van der Waals surface area contributed by atoms with Gasteiger partial charge in [-0.15, -0.1) is 0 Å². The third kappa shape index (κ3) is 1.47. The van der Waals surface area contributed by atoms with E-state index in [0.717, 1.165) is 0 Å².